The number of aryl methyl sites for hydroxylation is 1. The molecule has 1 aromatic carbocycles. The minimum Gasteiger partial charge on any atom is -0.309 e. The van der Waals surface area contributed by atoms with E-state index in [1.807, 2.05) is 11.3 Å². The van der Waals surface area contributed by atoms with Crippen LogP contribution in [0.25, 0.3) is 10.1 Å². The average molecular weight is 273 g/mol. The van der Waals surface area contributed by atoms with Crippen molar-refractivity contribution >= 4 is 21.4 Å². The molecule has 1 saturated carbocycles. The SMILES string of the molecule is Cc1c(C(C)NCC(C)C2CC2)sc2ccccc12. The van der Waals surface area contributed by atoms with Crippen molar-refractivity contribution in [3.05, 3.63) is 34.7 Å². The van der Waals surface area contributed by atoms with Gasteiger partial charge in [0.1, 0.15) is 0 Å². The second kappa shape index (κ2) is 5.26. The van der Waals surface area contributed by atoms with Crippen molar-refractivity contribution in [3.63, 3.8) is 0 Å². The second-order valence-corrected chi connectivity index (χ2v) is 7.12. The molecule has 1 N–H and O–H groups in total. The van der Waals surface area contributed by atoms with Crippen molar-refractivity contribution in [2.75, 3.05) is 6.54 Å². The lowest BCUT2D eigenvalue weighted by Crippen LogP contribution is -2.25. The third kappa shape index (κ3) is 2.70. The molecule has 2 unspecified atom stereocenters. The lowest BCUT2D eigenvalue weighted by atomic mass is 10.1. The van der Waals surface area contributed by atoms with E-state index in [0.717, 1.165) is 18.4 Å². The molecule has 1 aliphatic carbocycles. The maximum absolute atomic E-state index is 3.73. The third-order valence-electron chi connectivity index (χ3n) is 4.45. The Morgan fingerprint density at radius 3 is 2.68 bits per heavy atom. The van der Waals surface area contributed by atoms with Crippen LogP contribution in [-0.4, -0.2) is 6.54 Å². The summed E-state index contributed by atoms with van der Waals surface area (Å²) in [6.07, 6.45) is 2.89. The van der Waals surface area contributed by atoms with Gasteiger partial charge in [0.05, 0.1) is 0 Å². The Balaban J connectivity index is 1.73. The zero-order chi connectivity index (χ0) is 13.4. The first-order chi connectivity index (χ1) is 9.16. The fourth-order valence-corrected chi connectivity index (χ4v) is 4.13. The Hall–Kier alpha value is -0.860. The number of fused-ring (bicyclic) bond motifs is 1. The predicted molar refractivity (Wildman–Crippen MR) is 84.9 cm³/mol. The van der Waals surface area contributed by atoms with Gasteiger partial charge in [-0.05, 0) is 62.1 Å². The molecular weight excluding hydrogens is 250 g/mol. The molecule has 3 rings (SSSR count). The fourth-order valence-electron chi connectivity index (χ4n) is 2.89. The van der Waals surface area contributed by atoms with E-state index < -0.39 is 0 Å². The van der Waals surface area contributed by atoms with Gasteiger partial charge in [0.25, 0.3) is 0 Å². The first-order valence-electron chi connectivity index (χ1n) is 7.38. The van der Waals surface area contributed by atoms with Crippen molar-refractivity contribution in [3.8, 4) is 0 Å². The zero-order valence-electron chi connectivity index (χ0n) is 12.1. The third-order valence-corrected chi connectivity index (χ3v) is 5.90. The number of benzene rings is 1. The highest BCUT2D eigenvalue weighted by Crippen LogP contribution is 2.37. The Morgan fingerprint density at radius 1 is 1.26 bits per heavy atom. The van der Waals surface area contributed by atoms with E-state index in [9.17, 15) is 0 Å². The number of hydrogen-bond donors (Lipinski definition) is 1. The van der Waals surface area contributed by atoms with Crippen LogP contribution in [0, 0.1) is 18.8 Å². The van der Waals surface area contributed by atoms with Gasteiger partial charge in [-0.3, -0.25) is 0 Å². The Morgan fingerprint density at radius 2 is 2.00 bits per heavy atom. The van der Waals surface area contributed by atoms with Gasteiger partial charge < -0.3 is 5.32 Å². The maximum atomic E-state index is 3.73. The molecule has 0 amide bonds. The topological polar surface area (TPSA) is 12.0 Å². The molecule has 0 bridgehead atoms. The van der Waals surface area contributed by atoms with E-state index in [-0.39, 0.29) is 0 Å². The summed E-state index contributed by atoms with van der Waals surface area (Å²) in [6.45, 7) is 8.10. The van der Waals surface area contributed by atoms with E-state index in [4.69, 9.17) is 0 Å². The van der Waals surface area contributed by atoms with E-state index in [1.54, 1.807) is 0 Å². The molecule has 1 nitrogen and oxygen atoms in total. The normalized spacial score (nSPS) is 18.7. The van der Waals surface area contributed by atoms with Crippen LogP contribution >= 0.6 is 11.3 Å². The van der Waals surface area contributed by atoms with Crippen LogP contribution in [0.5, 0.6) is 0 Å². The first-order valence-corrected chi connectivity index (χ1v) is 8.20. The first kappa shape index (κ1) is 13.1. The van der Waals surface area contributed by atoms with Gasteiger partial charge in [-0.2, -0.15) is 0 Å². The summed E-state index contributed by atoms with van der Waals surface area (Å²) in [5.74, 6) is 1.82. The molecule has 102 valence electrons. The van der Waals surface area contributed by atoms with Gasteiger partial charge in [-0.15, -0.1) is 11.3 Å². The highest BCUT2D eigenvalue weighted by molar-refractivity contribution is 7.19. The van der Waals surface area contributed by atoms with Crippen LogP contribution < -0.4 is 5.32 Å². The number of hydrogen-bond acceptors (Lipinski definition) is 2. The molecule has 1 aromatic heterocycles. The number of nitrogens with one attached hydrogen (secondary N) is 1. The standard InChI is InChI=1S/C17H23NS/c1-11(14-8-9-14)10-18-13(3)17-12(2)15-6-4-5-7-16(15)19-17/h4-7,11,13-14,18H,8-10H2,1-3H3. The van der Waals surface area contributed by atoms with Crippen molar-refractivity contribution in [1.29, 1.82) is 0 Å². The number of rotatable bonds is 5. The zero-order valence-corrected chi connectivity index (χ0v) is 12.9. The van der Waals surface area contributed by atoms with Gasteiger partial charge in [-0.25, -0.2) is 0 Å². The van der Waals surface area contributed by atoms with Gasteiger partial charge in [-0.1, -0.05) is 25.1 Å². The summed E-state index contributed by atoms with van der Waals surface area (Å²) in [5.41, 5.74) is 1.46. The molecule has 2 heteroatoms. The molecule has 1 aliphatic rings. The molecule has 1 heterocycles. The molecule has 0 spiro atoms. The van der Waals surface area contributed by atoms with Crippen molar-refractivity contribution < 1.29 is 0 Å². The lowest BCUT2D eigenvalue weighted by molar-refractivity contribution is 0.433. The molecule has 1 fully saturated rings. The highest BCUT2D eigenvalue weighted by Gasteiger charge is 2.28. The fraction of sp³-hybridized carbons (Fsp3) is 0.529. The molecule has 0 radical (unpaired) electrons. The van der Waals surface area contributed by atoms with Crippen molar-refractivity contribution in [2.24, 2.45) is 11.8 Å². The monoisotopic (exact) mass is 273 g/mol. The second-order valence-electron chi connectivity index (χ2n) is 6.03. The van der Waals surface area contributed by atoms with E-state index in [0.29, 0.717) is 6.04 Å². The van der Waals surface area contributed by atoms with Crippen LogP contribution in [0.1, 0.15) is 43.2 Å². The quantitative estimate of drug-likeness (QED) is 0.816. The summed E-state index contributed by atoms with van der Waals surface area (Å²) in [4.78, 5) is 1.50. The van der Waals surface area contributed by atoms with Crippen LogP contribution in [0.3, 0.4) is 0 Å². The Labute approximate surface area is 120 Å². The predicted octanol–water partition coefficient (Wildman–Crippen LogP) is 4.91. The molecular formula is C17H23NS. The molecule has 2 aromatic rings. The molecule has 19 heavy (non-hydrogen) atoms. The molecule has 0 saturated heterocycles. The van der Waals surface area contributed by atoms with E-state index in [1.165, 1.54) is 33.4 Å². The minimum absolute atomic E-state index is 0.471. The molecule has 0 aliphatic heterocycles. The Kier molecular flexibility index (Phi) is 3.64. The van der Waals surface area contributed by atoms with Gasteiger partial charge in [0.15, 0.2) is 0 Å². The summed E-state index contributed by atoms with van der Waals surface area (Å²) < 4.78 is 1.42. The molecule has 2 atom stereocenters. The Bertz CT molecular complexity index is 568. The maximum Gasteiger partial charge on any atom is 0.0389 e. The summed E-state index contributed by atoms with van der Waals surface area (Å²) in [5, 5.41) is 5.15. The van der Waals surface area contributed by atoms with Gasteiger partial charge >= 0.3 is 0 Å². The van der Waals surface area contributed by atoms with Crippen LogP contribution in [0.4, 0.5) is 0 Å². The van der Waals surface area contributed by atoms with Crippen molar-refractivity contribution in [1.82, 2.24) is 5.32 Å². The van der Waals surface area contributed by atoms with Gasteiger partial charge in [0, 0.05) is 15.6 Å². The van der Waals surface area contributed by atoms with E-state index in [2.05, 4.69) is 50.4 Å². The summed E-state index contributed by atoms with van der Waals surface area (Å²) in [6, 6.07) is 9.22. The van der Waals surface area contributed by atoms with E-state index >= 15 is 0 Å². The van der Waals surface area contributed by atoms with Crippen molar-refractivity contribution in [2.45, 2.75) is 39.7 Å². The smallest absolute Gasteiger partial charge is 0.0389 e. The average Bonchev–Trinajstić information content (AvgIpc) is 3.21. The summed E-state index contributed by atoms with van der Waals surface area (Å²) in [7, 11) is 0. The van der Waals surface area contributed by atoms with Crippen LogP contribution in [0.2, 0.25) is 0 Å². The van der Waals surface area contributed by atoms with Gasteiger partial charge in [0.2, 0.25) is 0 Å². The lowest BCUT2D eigenvalue weighted by Gasteiger charge is -2.17. The summed E-state index contributed by atoms with van der Waals surface area (Å²) >= 11 is 1.95. The highest BCUT2D eigenvalue weighted by atomic mass is 32.1. The largest absolute Gasteiger partial charge is 0.309 e. The minimum atomic E-state index is 0.471. The van der Waals surface area contributed by atoms with Crippen LogP contribution in [0.15, 0.2) is 24.3 Å². The van der Waals surface area contributed by atoms with Crippen LogP contribution in [-0.2, 0) is 0 Å². The number of thiophene rings is 1.